The van der Waals surface area contributed by atoms with Gasteiger partial charge in [0, 0.05) is 13.0 Å². The van der Waals surface area contributed by atoms with Gasteiger partial charge in [0.25, 0.3) is 0 Å². The lowest BCUT2D eigenvalue weighted by Crippen LogP contribution is -2.25. The van der Waals surface area contributed by atoms with Crippen LogP contribution in [0.5, 0.6) is 0 Å². The summed E-state index contributed by atoms with van der Waals surface area (Å²) in [5, 5.41) is 8.21. The van der Waals surface area contributed by atoms with Gasteiger partial charge < -0.3 is 9.73 Å². The van der Waals surface area contributed by atoms with Crippen molar-refractivity contribution in [3.8, 4) is 0 Å². The highest BCUT2D eigenvalue weighted by Gasteiger charge is 2.19. The van der Waals surface area contributed by atoms with E-state index >= 15 is 0 Å². The molecule has 1 N–H and O–H groups in total. The van der Waals surface area contributed by atoms with Gasteiger partial charge in [0.1, 0.15) is 17.9 Å². The molecule has 0 aliphatic heterocycles. The molecule has 0 aromatic carbocycles. The van der Waals surface area contributed by atoms with Crippen molar-refractivity contribution in [2.75, 3.05) is 6.54 Å². The van der Waals surface area contributed by atoms with Crippen LogP contribution in [0.25, 0.3) is 0 Å². The third-order valence-electron chi connectivity index (χ3n) is 3.20. The first kappa shape index (κ1) is 16.0. The molecule has 2 rings (SSSR count). The molecule has 1 atom stereocenters. The number of hydrogen-bond acceptors (Lipinski definition) is 4. The zero-order valence-electron chi connectivity index (χ0n) is 12.8. The van der Waals surface area contributed by atoms with Gasteiger partial charge in [-0.1, -0.05) is 20.8 Å². The fourth-order valence-electron chi connectivity index (χ4n) is 2.23. The third-order valence-corrected chi connectivity index (χ3v) is 3.40. The second kappa shape index (κ2) is 7.61. The van der Waals surface area contributed by atoms with E-state index in [0.29, 0.717) is 11.1 Å². The zero-order chi connectivity index (χ0) is 15.2. The van der Waals surface area contributed by atoms with Crippen molar-refractivity contribution in [2.45, 2.75) is 46.2 Å². The molecule has 21 heavy (non-hydrogen) atoms. The predicted molar refractivity (Wildman–Crippen MR) is 83.3 cm³/mol. The quantitative estimate of drug-likeness (QED) is 0.811. The fourth-order valence-corrected chi connectivity index (χ4v) is 2.39. The molecule has 2 aromatic rings. The number of nitrogens with one attached hydrogen (secondary N) is 1. The fraction of sp³-hybridized carbons (Fsp3) is 0.600. The smallest absolute Gasteiger partial charge is 0.193 e. The van der Waals surface area contributed by atoms with Crippen molar-refractivity contribution >= 4 is 11.6 Å². The van der Waals surface area contributed by atoms with E-state index in [-0.39, 0.29) is 6.04 Å². The number of nitrogens with zero attached hydrogens (tertiary/aromatic N) is 3. The second-order valence-corrected chi connectivity index (χ2v) is 5.98. The minimum atomic E-state index is 0.0626. The van der Waals surface area contributed by atoms with Gasteiger partial charge in [0.15, 0.2) is 5.22 Å². The summed E-state index contributed by atoms with van der Waals surface area (Å²) < 4.78 is 7.53. The van der Waals surface area contributed by atoms with Crippen LogP contribution in [-0.2, 0) is 13.0 Å². The monoisotopic (exact) mass is 310 g/mol. The van der Waals surface area contributed by atoms with Crippen LogP contribution in [0.15, 0.2) is 22.9 Å². The molecular formula is C15H23ClN4O. The molecule has 2 heterocycles. The van der Waals surface area contributed by atoms with Gasteiger partial charge >= 0.3 is 0 Å². The summed E-state index contributed by atoms with van der Waals surface area (Å²) in [6.07, 6.45) is 3.41. The summed E-state index contributed by atoms with van der Waals surface area (Å²) in [5.74, 6) is 2.34. The van der Waals surface area contributed by atoms with Crippen LogP contribution < -0.4 is 5.32 Å². The normalized spacial score (nSPS) is 13.0. The molecule has 0 aliphatic rings. The highest BCUT2D eigenvalue weighted by atomic mass is 35.5. The average Bonchev–Trinajstić information content (AvgIpc) is 3.03. The van der Waals surface area contributed by atoms with Crippen LogP contribution in [0, 0.1) is 5.92 Å². The number of rotatable bonds is 8. The van der Waals surface area contributed by atoms with E-state index in [0.717, 1.165) is 37.5 Å². The van der Waals surface area contributed by atoms with Gasteiger partial charge in [-0.25, -0.2) is 9.67 Å². The third kappa shape index (κ3) is 4.58. The molecule has 0 aliphatic carbocycles. The zero-order valence-corrected chi connectivity index (χ0v) is 13.6. The number of furan rings is 1. The van der Waals surface area contributed by atoms with Gasteiger partial charge in [0.2, 0.25) is 0 Å². The van der Waals surface area contributed by atoms with Crippen LogP contribution in [0.2, 0.25) is 5.22 Å². The van der Waals surface area contributed by atoms with Crippen molar-refractivity contribution in [3.05, 3.63) is 35.3 Å². The molecule has 6 heteroatoms. The first-order valence-electron chi connectivity index (χ1n) is 7.45. The topological polar surface area (TPSA) is 55.9 Å². The summed E-state index contributed by atoms with van der Waals surface area (Å²) >= 11 is 5.89. The Morgan fingerprint density at radius 1 is 1.38 bits per heavy atom. The SMILES string of the molecule is CCCNC(Cc1ncnn1CC(C)C)c1ccc(Cl)o1. The Labute approximate surface area is 130 Å². The molecule has 1 unspecified atom stereocenters. The van der Waals surface area contributed by atoms with Gasteiger partial charge in [-0.05, 0) is 42.6 Å². The van der Waals surface area contributed by atoms with Gasteiger partial charge in [0.05, 0.1) is 6.04 Å². The summed E-state index contributed by atoms with van der Waals surface area (Å²) in [6.45, 7) is 8.27. The van der Waals surface area contributed by atoms with Crippen molar-refractivity contribution in [3.63, 3.8) is 0 Å². The molecule has 116 valence electrons. The van der Waals surface area contributed by atoms with E-state index in [4.69, 9.17) is 16.0 Å². The Morgan fingerprint density at radius 3 is 2.81 bits per heavy atom. The molecule has 2 aromatic heterocycles. The minimum Gasteiger partial charge on any atom is -0.448 e. The molecule has 0 spiro atoms. The van der Waals surface area contributed by atoms with E-state index in [2.05, 4.69) is 36.2 Å². The van der Waals surface area contributed by atoms with E-state index in [1.165, 1.54) is 0 Å². The maximum Gasteiger partial charge on any atom is 0.193 e. The standard InChI is InChI=1S/C15H23ClN4O/c1-4-7-17-12(13-5-6-14(16)21-13)8-15-18-10-19-20(15)9-11(2)3/h5-6,10-12,17H,4,7-9H2,1-3H3. The van der Waals surface area contributed by atoms with Crippen molar-refractivity contribution in [1.29, 1.82) is 0 Å². The highest BCUT2D eigenvalue weighted by molar-refractivity contribution is 6.28. The Hall–Kier alpha value is -1.33. The maximum absolute atomic E-state index is 5.89. The highest BCUT2D eigenvalue weighted by Crippen LogP contribution is 2.23. The molecule has 0 saturated heterocycles. The molecule has 5 nitrogen and oxygen atoms in total. The summed E-state index contributed by atoms with van der Waals surface area (Å²) in [7, 11) is 0. The summed E-state index contributed by atoms with van der Waals surface area (Å²) in [5.41, 5.74) is 0. The van der Waals surface area contributed by atoms with Gasteiger partial charge in [-0.3, -0.25) is 0 Å². The molecule has 0 amide bonds. The van der Waals surface area contributed by atoms with Crippen LogP contribution in [0.4, 0.5) is 0 Å². The Morgan fingerprint density at radius 2 is 2.19 bits per heavy atom. The maximum atomic E-state index is 5.89. The first-order chi connectivity index (χ1) is 10.1. The predicted octanol–water partition coefficient (Wildman–Crippen LogP) is 3.46. The van der Waals surface area contributed by atoms with Gasteiger partial charge in [-0.15, -0.1) is 0 Å². The number of halogens is 1. The van der Waals surface area contributed by atoms with Crippen molar-refractivity contribution < 1.29 is 4.42 Å². The Balaban J connectivity index is 2.13. The Bertz CT molecular complexity index is 549. The van der Waals surface area contributed by atoms with Crippen molar-refractivity contribution in [2.24, 2.45) is 5.92 Å². The van der Waals surface area contributed by atoms with Crippen LogP contribution >= 0.6 is 11.6 Å². The summed E-state index contributed by atoms with van der Waals surface area (Å²) in [4.78, 5) is 4.39. The Kier molecular flexibility index (Phi) is 5.82. The van der Waals surface area contributed by atoms with Crippen LogP contribution in [0.3, 0.4) is 0 Å². The minimum absolute atomic E-state index is 0.0626. The molecule has 0 bridgehead atoms. The van der Waals surface area contributed by atoms with E-state index in [1.807, 2.05) is 10.7 Å². The summed E-state index contributed by atoms with van der Waals surface area (Å²) in [6, 6.07) is 3.75. The lowest BCUT2D eigenvalue weighted by molar-refractivity contribution is 0.392. The number of hydrogen-bond donors (Lipinski definition) is 1. The number of aromatic nitrogens is 3. The van der Waals surface area contributed by atoms with Crippen LogP contribution in [-0.4, -0.2) is 21.3 Å². The van der Waals surface area contributed by atoms with E-state index in [9.17, 15) is 0 Å². The lowest BCUT2D eigenvalue weighted by Gasteiger charge is -2.17. The molecule has 0 fully saturated rings. The van der Waals surface area contributed by atoms with Gasteiger partial charge in [-0.2, -0.15) is 5.10 Å². The molecule has 0 saturated carbocycles. The largest absolute Gasteiger partial charge is 0.448 e. The van der Waals surface area contributed by atoms with E-state index in [1.54, 1.807) is 12.4 Å². The van der Waals surface area contributed by atoms with Crippen molar-refractivity contribution in [1.82, 2.24) is 20.1 Å². The first-order valence-corrected chi connectivity index (χ1v) is 7.83. The average molecular weight is 311 g/mol. The lowest BCUT2D eigenvalue weighted by atomic mass is 10.1. The van der Waals surface area contributed by atoms with E-state index < -0.39 is 0 Å². The second-order valence-electron chi connectivity index (χ2n) is 5.60. The van der Waals surface area contributed by atoms with Crippen LogP contribution in [0.1, 0.15) is 44.8 Å². The molecular weight excluding hydrogens is 288 g/mol. The molecule has 0 radical (unpaired) electrons.